The summed E-state index contributed by atoms with van der Waals surface area (Å²) in [5.74, 6) is 0. The number of pyridine rings is 1. The van der Waals surface area contributed by atoms with Crippen LogP contribution in [0.3, 0.4) is 0 Å². The van der Waals surface area contributed by atoms with Crippen LogP contribution in [-0.4, -0.2) is 17.1 Å². The molecule has 0 saturated heterocycles. The third-order valence-corrected chi connectivity index (χ3v) is 5.04. The van der Waals surface area contributed by atoms with Crippen LogP contribution in [0, 0.1) is 0 Å². The van der Waals surface area contributed by atoms with Gasteiger partial charge >= 0.3 is 0 Å². The first-order valence-electron chi connectivity index (χ1n) is 7.86. The number of hydrogen-bond donors (Lipinski definition) is 1. The van der Waals surface area contributed by atoms with E-state index < -0.39 is 0 Å². The molecule has 2 aliphatic rings. The number of hydrogen-bond acceptors (Lipinski definition) is 4. The van der Waals surface area contributed by atoms with E-state index in [4.69, 9.17) is 0 Å². The van der Waals surface area contributed by atoms with Crippen molar-refractivity contribution in [3.8, 4) is 0 Å². The van der Waals surface area contributed by atoms with Crippen molar-refractivity contribution in [1.82, 2.24) is 10.3 Å². The second-order valence-corrected chi connectivity index (χ2v) is 7.13. The topological polar surface area (TPSA) is 28.2 Å². The minimum atomic E-state index is 0.721. The molecule has 2 heterocycles. The van der Waals surface area contributed by atoms with Crippen LogP contribution in [-0.2, 0) is 13.1 Å². The Morgan fingerprint density at radius 3 is 2.86 bits per heavy atom. The van der Waals surface area contributed by atoms with Gasteiger partial charge in [0.1, 0.15) is 0 Å². The number of rotatable bonds is 7. The molecule has 0 amide bonds. The minimum absolute atomic E-state index is 0.721. The highest BCUT2D eigenvalue weighted by atomic mass is 32.1. The van der Waals surface area contributed by atoms with Gasteiger partial charge in [0.15, 0.2) is 0 Å². The highest BCUT2D eigenvalue weighted by Gasteiger charge is 2.29. The molecule has 0 spiro atoms. The van der Waals surface area contributed by atoms with Crippen molar-refractivity contribution in [3.63, 3.8) is 0 Å². The predicted molar refractivity (Wildman–Crippen MR) is 87.6 cm³/mol. The second kappa shape index (κ2) is 5.78. The van der Waals surface area contributed by atoms with Gasteiger partial charge in [0.25, 0.3) is 0 Å². The number of aromatic nitrogens is 1. The fourth-order valence-corrected chi connectivity index (χ4v) is 3.37. The third kappa shape index (κ3) is 3.44. The Labute approximate surface area is 130 Å². The molecule has 2 saturated carbocycles. The number of thiophene rings is 1. The maximum Gasteiger partial charge on any atom is 0.0562 e. The van der Waals surface area contributed by atoms with Crippen LogP contribution in [0.15, 0.2) is 35.8 Å². The molecule has 1 N–H and O–H groups in total. The Balaban J connectivity index is 1.49. The minimum Gasteiger partial charge on any atom is -0.363 e. The first-order valence-corrected chi connectivity index (χ1v) is 8.74. The van der Waals surface area contributed by atoms with E-state index in [2.05, 4.69) is 44.8 Å². The smallest absolute Gasteiger partial charge is 0.0562 e. The average Bonchev–Trinajstić information content (AvgIpc) is 3.44. The lowest BCUT2D eigenvalue weighted by atomic mass is 10.2. The van der Waals surface area contributed by atoms with Crippen molar-refractivity contribution in [2.75, 3.05) is 4.90 Å². The van der Waals surface area contributed by atoms with Gasteiger partial charge in [-0.1, -0.05) is 6.07 Å². The molecule has 2 aromatic rings. The number of nitrogens with one attached hydrogen (secondary N) is 1. The molecular formula is C17H21N3S. The third-order valence-electron chi connectivity index (χ3n) is 4.17. The lowest BCUT2D eigenvalue weighted by molar-refractivity contribution is 0.673. The molecule has 0 aliphatic heterocycles. The van der Waals surface area contributed by atoms with E-state index in [9.17, 15) is 0 Å². The summed E-state index contributed by atoms with van der Waals surface area (Å²) in [4.78, 5) is 8.50. The highest BCUT2D eigenvalue weighted by molar-refractivity contribution is 7.09. The highest BCUT2D eigenvalue weighted by Crippen LogP contribution is 2.33. The zero-order valence-corrected chi connectivity index (χ0v) is 13.0. The van der Waals surface area contributed by atoms with Crippen LogP contribution in [0.4, 0.5) is 5.69 Å². The maximum atomic E-state index is 4.51. The van der Waals surface area contributed by atoms with Crippen molar-refractivity contribution in [2.45, 2.75) is 50.9 Å². The molecule has 0 unspecified atom stereocenters. The monoisotopic (exact) mass is 299 g/mol. The fraction of sp³-hybridized carbons (Fsp3) is 0.471. The SMILES string of the molecule is c1csc(CN(c2ccnc(CNC3CC3)c2)C2CC2)c1. The van der Waals surface area contributed by atoms with Gasteiger partial charge in [-0.25, -0.2) is 0 Å². The van der Waals surface area contributed by atoms with Gasteiger partial charge in [0.2, 0.25) is 0 Å². The summed E-state index contributed by atoms with van der Waals surface area (Å²) < 4.78 is 0. The first-order chi connectivity index (χ1) is 10.4. The van der Waals surface area contributed by atoms with E-state index in [1.54, 1.807) is 0 Å². The summed E-state index contributed by atoms with van der Waals surface area (Å²) in [5, 5.41) is 5.72. The second-order valence-electron chi connectivity index (χ2n) is 6.10. The molecule has 4 heteroatoms. The molecule has 110 valence electrons. The summed E-state index contributed by atoms with van der Waals surface area (Å²) in [5.41, 5.74) is 2.49. The molecule has 0 atom stereocenters. The summed E-state index contributed by atoms with van der Waals surface area (Å²) >= 11 is 1.85. The van der Waals surface area contributed by atoms with Gasteiger partial charge in [0, 0.05) is 35.4 Å². The Kier molecular flexibility index (Phi) is 3.65. The number of nitrogens with zero attached hydrogens (tertiary/aromatic N) is 2. The molecule has 0 radical (unpaired) electrons. The van der Waals surface area contributed by atoms with Gasteiger partial charge in [-0.2, -0.15) is 0 Å². The lowest BCUT2D eigenvalue weighted by Gasteiger charge is -2.24. The zero-order valence-electron chi connectivity index (χ0n) is 12.2. The largest absolute Gasteiger partial charge is 0.363 e. The molecule has 2 aliphatic carbocycles. The Morgan fingerprint density at radius 2 is 2.14 bits per heavy atom. The van der Waals surface area contributed by atoms with E-state index in [-0.39, 0.29) is 0 Å². The van der Waals surface area contributed by atoms with Crippen LogP contribution in [0.1, 0.15) is 36.3 Å². The van der Waals surface area contributed by atoms with Crippen molar-refractivity contribution >= 4 is 17.0 Å². The van der Waals surface area contributed by atoms with Crippen molar-refractivity contribution in [3.05, 3.63) is 46.4 Å². The summed E-state index contributed by atoms with van der Waals surface area (Å²) in [6.07, 6.45) is 7.26. The first kappa shape index (κ1) is 13.3. The van der Waals surface area contributed by atoms with E-state index in [1.807, 2.05) is 17.5 Å². The molecule has 21 heavy (non-hydrogen) atoms. The Hall–Kier alpha value is -1.39. The van der Waals surface area contributed by atoms with Gasteiger partial charge < -0.3 is 10.2 Å². The van der Waals surface area contributed by atoms with Gasteiger partial charge in [-0.15, -0.1) is 11.3 Å². The van der Waals surface area contributed by atoms with E-state index in [0.717, 1.165) is 30.9 Å². The maximum absolute atomic E-state index is 4.51. The van der Waals surface area contributed by atoms with Crippen LogP contribution < -0.4 is 10.2 Å². The normalized spacial score (nSPS) is 17.9. The van der Waals surface area contributed by atoms with Crippen molar-refractivity contribution in [1.29, 1.82) is 0 Å². The van der Waals surface area contributed by atoms with Crippen molar-refractivity contribution in [2.24, 2.45) is 0 Å². The van der Waals surface area contributed by atoms with Gasteiger partial charge in [0.05, 0.1) is 12.2 Å². The predicted octanol–water partition coefficient (Wildman–Crippen LogP) is 3.56. The van der Waals surface area contributed by atoms with Gasteiger partial charge in [-0.05, 0) is 49.3 Å². The number of anilines is 1. The summed E-state index contributed by atoms with van der Waals surface area (Å²) in [7, 11) is 0. The zero-order chi connectivity index (χ0) is 14.1. The van der Waals surface area contributed by atoms with Crippen molar-refractivity contribution < 1.29 is 0 Å². The van der Waals surface area contributed by atoms with Crippen LogP contribution >= 0.6 is 11.3 Å². The van der Waals surface area contributed by atoms with E-state index >= 15 is 0 Å². The molecular weight excluding hydrogens is 278 g/mol. The van der Waals surface area contributed by atoms with E-state index in [1.165, 1.54) is 36.2 Å². The lowest BCUT2D eigenvalue weighted by Crippen LogP contribution is -2.25. The Bertz CT molecular complexity index is 588. The van der Waals surface area contributed by atoms with Crippen LogP contribution in [0.25, 0.3) is 0 Å². The molecule has 0 bridgehead atoms. The molecule has 4 rings (SSSR count). The Morgan fingerprint density at radius 1 is 1.24 bits per heavy atom. The standard InChI is InChI=1S/C17H21N3S/c1-2-17(21-9-1)12-20(15-5-6-15)16-7-8-18-14(10-16)11-19-13-3-4-13/h1-2,7-10,13,15,19H,3-6,11-12H2. The summed E-state index contributed by atoms with van der Waals surface area (Å²) in [6, 6.07) is 10.3. The molecule has 0 aromatic carbocycles. The van der Waals surface area contributed by atoms with Crippen LogP contribution in [0.2, 0.25) is 0 Å². The summed E-state index contributed by atoms with van der Waals surface area (Å²) in [6.45, 7) is 1.93. The fourth-order valence-electron chi connectivity index (χ4n) is 2.66. The average molecular weight is 299 g/mol. The molecule has 2 aromatic heterocycles. The quantitative estimate of drug-likeness (QED) is 0.847. The van der Waals surface area contributed by atoms with Crippen LogP contribution in [0.5, 0.6) is 0 Å². The van der Waals surface area contributed by atoms with E-state index in [0.29, 0.717) is 0 Å². The molecule has 2 fully saturated rings. The molecule has 3 nitrogen and oxygen atoms in total. The van der Waals surface area contributed by atoms with Gasteiger partial charge in [-0.3, -0.25) is 4.98 Å².